The van der Waals surface area contributed by atoms with E-state index in [-0.39, 0.29) is 73.8 Å². The van der Waals surface area contributed by atoms with Crippen LogP contribution in [0.15, 0.2) is 84.9 Å². The molecule has 0 spiro atoms. The zero-order valence-electron chi connectivity index (χ0n) is 38.5. The monoisotopic (exact) mass is 1010 g/mol. The Labute approximate surface area is 434 Å². The van der Waals surface area contributed by atoms with E-state index in [1.807, 2.05) is 0 Å². The molecule has 4 atom stereocenters. The van der Waals surface area contributed by atoms with Crippen molar-refractivity contribution in [3.05, 3.63) is 142 Å². The molecule has 0 radical (unpaired) electrons. The first-order valence-electron chi connectivity index (χ1n) is 22.4. The molecule has 12 nitrogen and oxygen atoms in total. The van der Waals surface area contributed by atoms with Crippen LogP contribution in [0.4, 0.5) is 49.1 Å². The Morgan fingerprint density at radius 2 is 0.915 bits per heavy atom. The number of hydrogen-bond acceptors (Lipinski definition) is 12. The van der Waals surface area contributed by atoms with Gasteiger partial charge in [-0.2, -0.15) is 0 Å². The molecule has 4 aromatic carbocycles. The molecular weight excluding hydrogens is 963 g/mol. The number of rotatable bonds is 18. The summed E-state index contributed by atoms with van der Waals surface area (Å²) in [6.07, 6.45) is 2.74. The van der Waals surface area contributed by atoms with Crippen molar-refractivity contribution in [1.82, 2.24) is 9.97 Å². The van der Waals surface area contributed by atoms with Crippen LogP contribution in [0.5, 0.6) is 0 Å². The summed E-state index contributed by atoms with van der Waals surface area (Å²) in [5, 5.41) is 62.5. The molecule has 2 aliphatic carbocycles. The molecule has 0 bridgehead atoms. The third-order valence-corrected chi connectivity index (χ3v) is 11.8. The van der Waals surface area contributed by atoms with Crippen molar-refractivity contribution in [1.29, 1.82) is 0 Å². The van der Waals surface area contributed by atoms with Crippen LogP contribution in [0.3, 0.4) is 0 Å². The van der Waals surface area contributed by atoms with E-state index in [2.05, 4.69) is 0 Å². The maximum absolute atomic E-state index is 14.3. The number of fused-ring (bicyclic) bond motifs is 2. The summed E-state index contributed by atoms with van der Waals surface area (Å²) in [6.45, 7) is 0. The smallest absolute Gasteiger partial charge is 0.550 e. The minimum absolute atomic E-state index is 0. The number of nitrogens with zero attached hydrogens (tertiary/aromatic N) is 4. The quantitative estimate of drug-likeness (QED) is 0.0524. The molecule has 71 heavy (non-hydrogen) atoms. The second-order valence-electron chi connectivity index (χ2n) is 17.5. The molecule has 0 amide bonds. The number of carboxylic acid groups (broad SMARTS) is 2. The zero-order valence-corrected chi connectivity index (χ0v) is 40.8. The van der Waals surface area contributed by atoms with Crippen LogP contribution < -0.4 is 20.0 Å². The van der Waals surface area contributed by atoms with Crippen molar-refractivity contribution in [2.45, 2.75) is 87.6 Å². The molecule has 2 saturated carbocycles. The number of carboxylic acids is 2. The molecular formula is C52H48CaF6N4O8. The van der Waals surface area contributed by atoms with Crippen molar-refractivity contribution >= 4 is 106 Å². The van der Waals surface area contributed by atoms with Gasteiger partial charge in [0.25, 0.3) is 0 Å². The summed E-state index contributed by atoms with van der Waals surface area (Å²) in [7, 11) is 3.20. The van der Waals surface area contributed by atoms with Gasteiger partial charge in [-0.05, 0) is 86.3 Å². The molecule has 19 heteroatoms. The van der Waals surface area contributed by atoms with E-state index in [4.69, 9.17) is 9.97 Å². The summed E-state index contributed by atoms with van der Waals surface area (Å²) in [4.78, 5) is 33.9. The number of carbonyl (C=O) groups is 2. The average molecular weight is 1010 g/mol. The summed E-state index contributed by atoms with van der Waals surface area (Å²) < 4.78 is 84.6. The van der Waals surface area contributed by atoms with Gasteiger partial charge in [0.2, 0.25) is 0 Å². The number of halogens is 6. The van der Waals surface area contributed by atoms with Gasteiger partial charge in [0.05, 0.1) is 58.2 Å². The van der Waals surface area contributed by atoms with Gasteiger partial charge in [0.15, 0.2) is 0 Å². The average Bonchev–Trinajstić information content (AvgIpc) is 4.21. The predicted octanol–water partition coefficient (Wildman–Crippen LogP) is 6.74. The summed E-state index contributed by atoms with van der Waals surface area (Å²) in [6, 6.07) is 14.4. The molecule has 0 unspecified atom stereocenters. The first kappa shape index (κ1) is 54.7. The number of carbonyl (C=O) groups excluding carboxylic acids is 2. The topological polar surface area (TPSA) is 193 Å². The van der Waals surface area contributed by atoms with Gasteiger partial charge in [0.1, 0.15) is 34.9 Å². The van der Waals surface area contributed by atoms with Gasteiger partial charge in [0, 0.05) is 109 Å². The van der Waals surface area contributed by atoms with Crippen LogP contribution in [0.2, 0.25) is 0 Å². The molecule has 2 aliphatic rings. The van der Waals surface area contributed by atoms with Crippen LogP contribution >= 0.6 is 0 Å². The molecule has 0 aliphatic heterocycles. The van der Waals surface area contributed by atoms with Crippen molar-refractivity contribution in [3.63, 3.8) is 0 Å². The third kappa shape index (κ3) is 14.3. The van der Waals surface area contributed by atoms with Gasteiger partial charge in [-0.25, -0.2) is 26.3 Å². The molecule has 368 valence electrons. The number of anilines is 4. The van der Waals surface area contributed by atoms with E-state index in [0.717, 1.165) is 62.1 Å². The molecule has 2 heterocycles. The zero-order chi connectivity index (χ0) is 50.6. The summed E-state index contributed by atoms with van der Waals surface area (Å²) in [5.74, 6) is -6.73. The Hall–Kier alpha value is -5.60. The molecule has 6 aromatic rings. The van der Waals surface area contributed by atoms with Crippen LogP contribution in [-0.2, 0) is 9.59 Å². The maximum Gasteiger partial charge on any atom is 2.00 e. The molecule has 4 N–H and O–H groups in total. The van der Waals surface area contributed by atoms with Crippen molar-refractivity contribution in [3.8, 4) is 0 Å². The Bertz CT molecular complexity index is 2750. The van der Waals surface area contributed by atoms with Crippen LogP contribution in [0, 0.1) is 34.9 Å². The maximum atomic E-state index is 14.3. The Morgan fingerprint density at radius 3 is 1.23 bits per heavy atom. The first-order chi connectivity index (χ1) is 33.2. The van der Waals surface area contributed by atoms with Gasteiger partial charge >= 0.3 is 37.7 Å². The number of hydrogen-bond donors (Lipinski definition) is 4. The Kier molecular flexibility index (Phi) is 18.3. The number of aliphatic hydroxyl groups is 4. The first-order valence-corrected chi connectivity index (χ1v) is 22.4. The minimum Gasteiger partial charge on any atom is -0.550 e. The normalized spacial score (nSPS) is 15.3. The summed E-state index contributed by atoms with van der Waals surface area (Å²) >= 11 is 0. The number of pyridine rings is 2. The number of benzene rings is 4. The summed E-state index contributed by atoms with van der Waals surface area (Å²) in [5.41, 5.74) is 4.75. The fourth-order valence-corrected chi connectivity index (χ4v) is 8.30. The van der Waals surface area contributed by atoms with Gasteiger partial charge in [-0.3, -0.25) is 9.97 Å². The third-order valence-electron chi connectivity index (χ3n) is 11.8. The van der Waals surface area contributed by atoms with Crippen LogP contribution in [0.25, 0.3) is 34.0 Å². The Morgan fingerprint density at radius 1 is 0.577 bits per heavy atom. The van der Waals surface area contributed by atoms with E-state index in [1.54, 1.807) is 48.2 Å². The van der Waals surface area contributed by atoms with E-state index in [1.165, 1.54) is 36.4 Å². The largest absolute Gasteiger partial charge is 2.00 e. The van der Waals surface area contributed by atoms with E-state index >= 15 is 0 Å². The SMILES string of the molecule is CN(c1cc(F)cc(F)c1)c1c(/C=C/[C@@H](O)C[C@@H](O)CC(=O)[O-])c(C2CC2)nc2ccc(F)cc12.CN(c1cc(F)cc(F)c1)c1c(/C=C/[C@@H](O)C[C@@H](O)CC(=O)[O-])c(C2CC2)nc2ccc(F)cc12.[Ca+2]. The van der Waals surface area contributed by atoms with E-state index < -0.39 is 84.1 Å². The molecule has 2 fully saturated rings. The number of aliphatic carboxylic acids is 2. The molecule has 0 saturated heterocycles. The molecule has 8 rings (SSSR count). The predicted molar refractivity (Wildman–Crippen MR) is 253 cm³/mol. The van der Waals surface area contributed by atoms with Gasteiger partial charge in [-0.1, -0.05) is 24.3 Å². The fourth-order valence-electron chi connectivity index (χ4n) is 8.30. The standard InChI is InChI=1S/2C26H25F3N2O4.Ca/c2*1-31(18-9-16(28)8-17(29)10-18)26-21(6-5-19(32)12-20(33)13-24(34)35)25(14-2-3-14)30-23-7-4-15(27)11-22(23)26;/h2*4-11,14,19-20,32-33H,2-3,12-13H2,1H3,(H,34,35);/q;;+2/p-2/b2*6-5+;/t2*19-,20-;/m11./s1. The fraction of sp³-hybridized carbons (Fsp3) is 0.308. The Balaban J connectivity index is 0.000000229. The van der Waals surface area contributed by atoms with Crippen LogP contribution in [-0.4, -0.2) is 119 Å². The van der Waals surface area contributed by atoms with Gasteiger partial charge < -0.3 is 50.0 Å². The van der Waals surface area contributed by atoms with Crippen molar-refractivity contribution in [2.75, 3.05) is 23.9 Å². The number of aliphatic hydroxyl groups excluding tert-OH is 4. The second kappa shape index (κ2) is 23.7. The van der Waals surface area contributed by atoms with Crippen molar-refractivity contribution in [2.24, 2.45) is 0 Å². The number of aromatic nitrogens is 2. The van der Waals surface area contributed by atoms with Crippen LogP contribution in [0.1, 0.15) is 85.7 Å². The second-order valence-corrected chi connectivity index (χ2v) is 17.5. The van der Waals surface area contributed by atoms with Gasteiger partial charge in [-0.15, -0.1) is 0 Å². The van der Waals surface area contributed by atoms with Crippen molar-refractivity contribution < 1.29 is 66.6 Å². The molecule has 2 aromatic heterocycles. The van der Waals surface area contributed by atoms with E-state index in [0.29, 0.717) is 55.7 Å². The van der Waals surface area contributed by atoms with E-state index in [9.17, 15) is 66.6 Å². The minimum atomic E-state index is -1.43.